The maximum Gasteiger partial charge on any atom is 0.252 e. The second-order valence-corrected chi connectivity index (χ2v) is 16.9. The highest BCUT2D eigenvalue weighted by Crippen LogP contribution is 2.47. The van der Waals surface area contributed by atoms with E-state index < -0.39 is 23.9 Å². The molecule has 306 valence electrons. The molecule has 9 nitrogen and oxygen atoms in total. The SMILES string of the molecule is CCCCCC(O)CC(=O)CCc1ccc2c(c1)OC1C(C#CC(O)c3ccc(C(N)NCCc4ccccc4)cc3CC3=C4C[NH+]1C=C4N=C3)C1(C#CO2)CCCC1. The van der Waals surface area contributed by atoms with Gasteiger partial charge in [-0.2, -0.15) is 0 Å². The number of allylic oxidation sites excluding steroid dienone is 1. The van der Waals surface area contributed by atoms with Crippen molar-refractivity contribution in [3.63, 3.8) is 0 Å². The van der Waals surface area contributed by atoms with Gasteiger partial charge in [-0.15, -0.1) is 0 Å². The molecule has 1 spiro atoms. The standard InChI is InChI=1S/C50H56N4O5/c1-2-3-5-12-39(55)30-40(56)16-13-35-14-20-46-47(27-35)59-49-43(50(24-26-58-46)22-8-9-23-50)18-19-45(57)41-17-15-36(48(51)52-25-21-34-10-6-4-7-11-34)28-37(41)29-38-31-53-44-33-54(49)32-42(38)44/h4,6-7,10-11,14-15,17,20,27-28,31,33,39,43,45,48-49,52,55,57H,2-3,5,8-9,12-13,16,21-23,25,29-30,32,51H2,1H3/p+1. The highest BCUT2D eigenvalue weighted by atomic mass is 16.5. The van der Waals surface area contributed by atoms with E-state index >= 15 is 0 Å². The fourth-order valence-electron chi connectivity index (χ4n) is 9.35. The monoisotopic (exact) mass is 793 g/mol. The van der Waals surface area contributed by atoms with Crippen LogP contribution >= 0.6 is 0 Å². The van der Waals surface area contributed by atoms with Gasteiger partial charge in [0.25, 0.3) is 6.23 Å². The van der Waals surface area contributed by atoms with Gasteiger partial charge in [0.2, 0.25) is 0 Å². The summed E-state index contributed by atoms with van der Waals surface area (Å²) in [6, 6.07) is 22.3. The molecule has 8 rings (SSSR count). The number of benzene rings is 3. The Morgan fingerprint density at radius 2 is 1.88 bits per heavy atom. The van der Waals surface area contributed by atoms with Crippen molar-refractivity contribution in [2.75, 3.05) is 13.1 Å². The van der Waals surface area contributed by atoms with Crippen molar-refractivity contribution in [2.45, 2.75) is 115 Å². The lowest BCUT2D eigenvalue weighted by Crippen LogP contribution is -3.12. The number of ether oxygens (including phenoxy) is 2. The largest absolute Gasteiger partial charge is 0.437 e. The minimum atomic E-state index is -1.04. The van der Waals surface area contributed by atoms with Gasteiger partial charge in [-0.3, -0.25) is 20.0 Å². The zero-order chi connectivity index (χ0) is 40.8. The number of aliphatic hydroxyl groups excluding tert-OH is 2. The number of quaternary nitrogens is 1. The van der Waals surface area contributed by atoms with E-state index in [0.717, 1.165) is 96.3 Å². The Bertz CT molecular complexity index is 2230. The van der Waals surface area contributed by atoms with Crippen molar-refractivity contribution >= 4 is 12.0 Å². The van der Waals surface area contributed by atoms with Gasteiger partial charge in [0.05, 0.1) is 17.7 Å². The minimum Gasteiger partial charge on any atom is -0.437 e. The molecular formula is C50H57N4O5+. The number of nitrogens with one attached hydrogen (secondary N) is 2. The fourth-order valence-corrected chi connectivity index (χ4v) is 9.35. The summed E-state index contributed by atoms with van der Waals surface area (Å²) in [5, 5.41) is 25.8. The lowest BCUT2D eigenvalue weighted by Gasteiger charge is -2.36. The van der Waals surface area contributed by atoms with Crippen LogP contribution in [-0.4, -0.2) is 47.6 Å². The zero-order valence-electron chi connectivity index (χ0n) is 34.1. The van der Waals surface area contributed by atoms with E-state index in [2.05, 4.69) is 72.6 Å². The van der Waals surface area contributed by atoms with Crippen molar-refractivity contribution in [3.8, 4) is 35.4 Å². The van der Waals surface area contributed by atoms with Crippen LogP contribution in [0.15, 0.2) is 94.8 Å². The first-order chi connectivity index (χ1) is 28.8. The Hall–Kier alpha value is -5.00. The summed E-state index contributed by atoms with van der Waals surface area (Å²) in [6.07, 6.45) is 14.6. The van der Waals surface area contributed by atoms with Gasteiger partial charge in [-0.25, -0.2) is 0 Å². The zero-order valence-corrected chi connectivity index (χ0v) is 34.1. The highest BCUT2D eigenvalue weighted by Gasteiger charge is 2.51. The molecule has 59 heavy (non-hydrogen) atoms. The number of aryl methyl sites for hydroxylation is 1. The molecule has 6 atom stereocenters. The number of aliphatic hydroxyl groups is 2. The third-order valence-electron chi connectivity index (χ3n) is 12.7. The van der Waals surface area contributed by atoms with E-state index in [4.69, 9.17) is 20.2 Å². The van der Waals surface area contributed by atoms with Crippen LogP contribution in [0.4, 0.5) is 0 Å². The molecule has 5 aliphatic rings. The van der Waals surface area contributed by atoms with Crippen molar-refractivity contribution in [1.29, 1.82) is 0 Å². The van der Waals surface area contributed by atoms with E-state index in [9.17, 15) is 15.0 Å². The van der Waals surface area contributed by atoms with Crippen LogP contribution in [0.25, 0.3) is 0 Å². The molecule has 3 aromatic rings. The van der Waals surface area contributed by atoms with E-state index in [1.165, 1.54) is 11.1 Å². The summed E-state index contributed by atoms with van der Waals surface area (Å²) in [4.78, 5) is 18.9. The number of fused-ring (bicyclic) bond motifs is 6. The highest BCUT2D eigenvalue weighted by molar-refractivity contribution is 5.87. The summed E-state index contributed by atoms with van der Waals surface area (Å²) in [7, 11) is 0. The molecule has 0 amide bonds. The van der Waals surface area contributed by atoms with Crippen molar-refractivity contribution in [2.24, 2.45) is 22.1 Å². The van der Waals surface area contributed by atoms with Crippen LogP contribution in [0.1, 0.15) is 111 Å². The number of hydrogen-bond acceptors (Lipinski definition) is 8. The Balaban J connectivity index is 1.09. The lowest BCUT2D eigenvalue weighted by atomic mass is 9.73. The number of carbonyl (C=O) groups is 1. The predicted molar refractivity (Wildman–Crippen MR) is 229 cm³/mol. The van der Waals surface area contributed by atoms with Crippen LogP contribution in [0, 0.1) is 35.2 Å². The fraction of sp³-hybridized carbons (Fsp3) is 0.440. The Morgan fingerprint density at radius 3 is 2.71 bits per heavy atom. The van der Waals surface area contributed by atoms with Crippen LogP contribution in [0.2, 0.25) is 0 Å². The molecule has 6 unspecified atom stereocenters. The molecule has 6 N–H and O–H groups in total. The molecule has 1 fully saturated rings. The summed E-state index contributed by atoms with van der Waals surface area (Å²) < 4.78 is 13.3. The third-order valence-corrected chi connectivity index (χ3v) is 12.7. The van der Waals surface area contributed by atoms with Crippen molar-refractivity contribution in [1.82, 2.24) is 5.32 Å². The molecule has 4 heterocycles. The minimum absolute atomic E-state index is 0.0532. The molecular weight excluding hydrogens is 737 g/mol. The number of unbranched alkanes of at least 4 members (excludes halogenated alkanes) is 2. The van der Waals surface area contributed by atoms with Gasteiger partial charge in [0.15, 0.2) is 11.5 Å². The normalized spacial score (nSPS) is 23.2. The molecule has 3 aromatic carbocycles. The number of carbonyl (C=O) groups excluding carboxylic acids is 1. The Morgan fingerprint density at radius 1 is 1.03 bits per heavy atom. The number of nitrogens with two attached hydrogens (primary N) is 1. The summed E-state index contributed by atoms with van der Waals surface area (Å²) in [6.45, 7) is 3.53. The second-order valence-electron chi connectivity index (χ2n) is 16.9. The molecule has 1 saturated carbocycles. The molecule has 0 aromatic heterocycles. The third kappa shape index (κ3) is 9.42. The lowest BCUT2D eigenvalue weighted by molar-refractivity contribution is -0.891. The van der Waals surface area contributed by atoms with Gasteiger partial charge >= 0.3 is 0 Å². The number of hydrogen-bond donors (Lipinski definition) is 5. The molecule has 0 saturated heterocycles. The first-order valence-corrected chi connectivity index (χ1v) is 21.7. The Labute approximate surface area is 348 Å². The van der Waals surface area contributed by atoms with Crippen molar-refractivity contribution in [3.05, 3.63) is 118 Å². The number of ketones is 1. The summed E-state index contributed by atoms with van der Waals surface area (Å²) in [5.41, 5.74) is 14.3. The van der Waals surface area contributed by atoms with E-state index in [1.54, 1.807) is 0 Å². The topological polar surface area (TPSA) is 131 Å². The van der Waals surface area contributed by atoms with Gasteiger partial charge < -0.3 is 25.4 Å². The van der Waals surface area contributed by atoms with Gasteiger partial charge in [0.1, 0.15) is 42.4 Å². The maximum atomic E-state index is 12.9. The smallest absolute Gasteiger partial charge is 0.252 e. The number of nitrogens with zero attached hydrogens (tertiary/aromatic N) is 1. The molecule has 9 heteroatoms. The van der Waals surface area contributed by atoms with Crippen LogP contribution in [0.5, 0.6) is 11.5 Å². The maximum absolute atomic E-state index is 12.9. The van der Waals surface area contributed by atoms with Crippen molar-refractivity contribution < 1.29 is 29.4 Å². The molecule has 2 bridgehead atoms. The quantitative estimate of drug-likeness (QED) is 0.0775. The van der Waals surface area contributed by atoms with Crippen LogP contribution < -0.4 is 25.4 Å². The van der Waals surface area contributed by atoms with E-state index in [-0.39, 0.29) is 24.3 Å². The molecule has 0 radical (unpaired) electrons. The summed E-state index contributed by atoms with van der Waals surface area (Å²) >= 11 is 0. The number of rotatable bonds is 14. The molecule has 4 aliphatic heterocycles. The Kier molecular flexibility index (Phi) is 12.8. The van der Waals surface area contributed by atoms with Crippen LogP contribution in [-0.2, 0) is 24.1 Å². The first-order valence-electron chi connectivity index (χ1n) is 21.7. The average molecular weight is 794 g/mol. The van der Waals surface area contributed by atoms with E-state index in [1.807, 2.05) is 42.6 Å². The van der Waals surface area contributed by atoms with Gasteiger partial charge in [-0.1, -0.05) is 111 Å². The number of Topliss-reactive ketones (excluding diaryl/α,β-unsaturated/α-hetero) is 1. The molecule has 1 aliphatic carbocycles. The summed E-state index contributed by atoms with van der Waals surface area (Å²) in [5.74, 6) is 11.2. The predicted octanol–water partition coefficient (Wildman–Crippen LogP) is 5.96. The second kappa shape index (κ2) is 18.5. The number of aliphatic imine (C=N–C) groups is 1. The van der Waals surface area contributed by atoms with Gasteiger partial charge in [0, 0.05) is 31.2 Å². The van der Waals surface area contributed by atoms with E-state index in [0.29, 0.717) is 43.7 Å². The van der Waals surface area contributed by atoms with Gasteiger partial charge in [-0.05, 0) is 84.0 Å². The first kappa shape index (κ1) is 40.8. The average Bonchev–Trinajstić information content (AvgIpc) is 3.99. The van der Waals surface area contributed by atoms with Crippen LogP contribution in [0.3, 0.4) is 0 Å².